The van der Waals surface area contributed by atoms with Crippen molar-refractivity contribution in [3.05, 3.63) is 40.4 Å². The van der Waals surface area contributed by atoms with E-state index >= 15 is 0 Å². The number of primary amides is 1. The molecular weight excluding hydrogens is 290 g/mol. The summed E-state index contributed by atoms with van der Waals surface area (Å²) >= 11 is 1.25. The molecule has 0 atom stereocenters. The summed E-state index contributed by atoms with van der Waals surface area (Å²) < 4.78 is 5.19. The van der Waals surface area contributed by atoms with Gasteiger partial charge in [0.15, 0.2) is 5.13 Å². The van der Waals surface area contributed by atoms with Crippen LogP contribution in [0.15, 0.2) is 23.6 Å². The number of amides is 2. The van der Waals surface area contributed by atoms with E-state index in [-0.39, 0.29) is 12.3 Å². The third kappa shape index (κ3) is 3.79. The van der Waals surface area contributed by atoms with Gasteiger partial charge in [0.05, 0.1) is 19.2 Å². The van der Waals surface area contributed by atoms with E-state index in [4.69, 9.17) is 10.5 Å². The monoisotopic (exact) mass is 305 g/mol. The minimum Gasteiger partial charge on any atom is -0.496 e. The number of nitrogens with two attached hydrogens (primary N) is 1. The Labute approximate surface area is 125 Å². The maximum atomic E-state index is 12.1. The molecule has 0 saturated heterocycles. The third-order valence-corrected chi connectivity index (χ3v) is 3.60. The van der Waals surface area contributed by atoms with Crippen LogP contribution in [-0.2, 0) is 11.2 Å². The molecule has 0 unspecified atom stereocenters. The van der Waals surface area contributed by atoms with Crippen LogP contribution in [0.1, 0.15) is 21.6 Å². The van der Waals surface area contributed by atoms with Crippen molar-refractivity contribution in [2.75, 3.05) is 12.4 Å². The van der Waals surface area contributed by atoms with Gasteiger partial charge in [-0.05, 0) is 24.6 Å². The third-order valence-electron chi connectivity index (χ3n) is 2.80. The second kappa shape index (κ2) is 6.36. The van der Waals surface area contributed by atoms with Crippen molar-refractivity contribution in [3.63, 3.8) is 0 Å². The van der Waals surface area contributed by atoms with Gasteiger partial charge in [-0.15, -0.1) is 11.3 Å². The molecule has 1 aromatic carbocycles. The number of nitrogens with one attached hydrogen (secondary N) is 1. The Bertz CT molecular complexity index is 682. The first-order valence-corrected chi connectivity index (χ1v) is 7.06. The van der Waals surface area contributed by atoms with Gasteiger partial charge in [-0.25, -0.2) is 4.98 Å². The zero-order chi connectivity index (χ0) is 15.4. The van der Waals surface area contributed by atoms with Crippen molar-refractivity contribution >= 4 is 28.3 Å². The molecule has 0 spiro atoms. The quantitative estimate of drug-likeness (QED) is 0.879. The molecule has 1 aromatic heterocycles. The molecule has 0 aliphatic carbocycles. The molecule has 2 aromatic rings. The topological polar surface area (TPSA) is 94.3 Å². The number of rotatable bonds is 5. The molecule has 2 amide bonds. The van der Waals surface area contributed by atoms with Crippen LogP contribution < -0.4 is 15.8 Å². The van der Waals surface area contributed by atoms with E-state index in [1.807, 2.05) is 13.0 Å². The zero-order valence-electron chi connectivity index (χ0n) is 11.7. The molecule has 0 fully saturated rings. The Hall–Kier alpha value is -2.41. The van der Waals surface area contributed by atoms with E-state index in [2.05, 4.69) is 10.3 Å². The molecule has 1 heterocycles. The van der Waals surface area contributed by atoms with Gasteiger partial charge in [-0.1, -0.05) is 6.07 Å². The summed E-state index contributed by atoms with van der Waals surface area (Å²) in [5.41, 5.74) is 7.07. The highest BCUT2D eigenvalue weighted by Crippen LogP contribution is 2.21. The standard InChI is InChI=1S/C14H15N3O3S/c1-8-3-4-9(5-11(8)20-2)13(19)17-14-16-10(7-21-14)6-12(15)18/h3-5,7H,6H2,1-2H3,(H2,15,18)(H,16,17,19). The van der Waals surface area contributed by atoms with Crippen LogP contribution in [-0.4, -0.2) is 23.9 Å². The summed E-state index contributed by atoms with van der Waals surface area (Å²) in [4.78, 5) is 27.1. The van der Waals surface area contributed by atoms with Crippen molar-refractivity contribution in [1.82, 2.24) is 4.98 Å². The lowest BCUT2D eigenvalue weighted by Crippen LogP contribution is -2.14. The van der Waals surface area contributed by atoms with E-state index in [1.54, 1.807) is 24.6 Å². The fourth-order valence-corrected chi connectivity index (χ4v) is 2.46. The van der Waals surface area contributed by atoms with Crippen LogP contribution in [0.4, 0.5) is 5.13 Å². The van der Waals surface area contributed by atoms with Crippen LogP contribution in [0, 0.1) is 6.92 Å². The molecule has 7 heteroatoms. The number of hydrogen-bond acceptors (Lipinski definition) is 5. The normalized spacial score (nSPS) is 10.2. The molecule has 0 bridgehead atoms. The number of methoxy groups -OCH3 is 1. The molecule has 21 heavy (non-hydrogen) atoms. The maximum Gasteiger partial charge on any atom is 0.257 e. The number of thiazole rings is 1. The zero-order valence-corrected chi connectivity index (χ0v) is 12.5. The molecule has 110 valence electrons. The molecule has 0 aliphatic heterocycles. The van der Waals surface area contributed by atoms with E-state index < -0.39 is 5.91 Å². The van der Waals surface area contributed by atoms with Crippen molar-refractivity contribution in [2.45, 2.75) is 13.3 Å². The predicted molar refractivity (Wildman–Crippen MR) is 80.7 cm³/mol. The summed E-state index contributed by atoms with van der Waals surface area (Å²) in [5.74, 6) is -0.0917. The summed E-state index contributed by atoms with van der Waals surface area (Å²) in [6.45, 7) is 1.90. The maximum absolute atomic E-state index is 12.1. The Morgan fingerprint density at radius 3 is 2.86 bits per heavy atom. The summed E-state index contributed by atoms with van der Waals surface area (Å²) in [7, 11) is 1.56. The number of aryl methyl sites for hydroxylation is 1. The van der Waals surface area contributed by atoms with E-state index in [1.165, 1.54) is 11.3 Å². The number of ether oxygens (including phenoxy) is 1. The number of benzene rings is 1. The first-order valence-electron chi connectivity index (χ1n) is 6.18. The van der Waals surface area contributed by atoms with Gasteiger partial charge >= 0.3 is 0 Å². The molecule has 6 nitrogen and oxygen atoms in total. The number of carbonyl (C=O) groups is 2. The fourth-order valence-electron chi connectivity index (χ4n) is 1.75. The van der Waals surface area contributed by atoms with Gasteiger partial charge in [0.2, 0.25) is 5.91 Å². The summed E-state index contributed by atoms with van der Waals surface area (Å²) in [6.07, 6.45) is 0.0602. The summed E-state index contributed by atoms with van der Waals surface area (Å²) in [5, 5.41) is 4.80. The smallest absolute Gasteiger partial charge is 0.257 e. The van der Waals surface area contributed by atoms with Crippen LogP contribution in [0.25, 0.3) is 0 Å². The number of hydrogen-bond donors (Lipinski definition) is 2. The highest BCUT2D eigenvalue weighted by Gasteiger charge is 2.11. The average molecular weight is 305 g/mol. The van der Waals surface area contributed by atoms with Crippen molar-refractivity contribution in [3.8, 4) is 5.75 Å². The number of aromatic nitrogens is 1. The average Bonchev–Trinajstić information content (AvgIpc) is 2.85. The van der Waals surface area contributed by atoms with E-state index in [0.717, 1.165) is 5.56 Å². The van der Waals surface area contributed by atoms with Crippen LogP contribution in [0.5, 0.6) is 5.75 Å². The first-order chi connectivity index (χ1) is 9.99. The first kappa shape index (κ1) is 15.0. The van der Waals surface area contributed by atoms with Gasteiger partial charge < -0.3 is 10.5 Å². The van der Waals surface area contributed by atoms with Crippen molar-refractivity contribution < 1.29 is 14.3 Å². The van der Waals surface area contributed by atoms with E-state index in [0.29, 0.717) is 22.1 Å². The molecule has 0 saturated carbocycles. The Kier molecular flexibility index (Phi) is 4.54. The van der Waals surface area contributed by atoms with Crippen molar-refractivity contribution in [2.24, 2.45) is 5.73 Å². The molecular formula is C14H15N3O3S. The minimum absolute atomic E-state index is 0.0602. The summed E-state index contributed by atoms with van der Waals surface area (Å²) in [6, 6.07) is 5.20. The lowest BCUT2D eigenvalue weighted by molar-refractivity contribution is -0.117. The molecule has 0 radical (unpaired) electrons. The van der Waals surface area contributed by atoms with Gasteiger partial charge in [0, 0.05) is 10.9 Å². The van der Waals surface area contributed by atoms with Gasteiger partial charge in [-0.2, -0.15) is 0 Å². The fraction of sp³-hybridized carbons (Fsp3) is 0.214. The predicted octanol–water partition coefficient (Wildman–Crippen LogP) is 1.74. The van der Waals surface area contributed by atoms with Crippen LogP contribution >= 0.6 is 11.3 Å². The second-order valence-corrected chi connectivity index (χ2v) is 5.28. The van der Waals surface area contributed by atoms with E-state index in [9.17, 15) is 9.59 Å². The van der Waals surface area contributed by atoms with Gasteiger partial charge in [-0.3, -0.25) is 14.9 Å². The SMILES string of the molecule is COc1cc(C(=O)Nc2nc(CC(N)=O)cs2)ccc1C. The number of anilines is 1. The highest BCUT2D eigenvalue weighted by atomic mass is 32.1. The van der Waals surface area contributed by atoms with Gasteiger partial charge in [0.25, 0.3) is 5.91 Å². The second-order valence-electron chi connectivity index (χ2n) is 4.43. The van der Waals surface area contributed by atoms with Gasteiger partial charge in [0.1, 0.15) is 5.75 Å². The number of carbonyl (C=O) groups excluding carboxylic acids is 2. The lowest BCUT2D eigenvalue weighted by atomic mass is 10.1. The molecule has 3 N–H and O–H groups in total. The largest absolute Gasteiger partial charge is 0.496 e. The van der Waals surface area contributed by atoms with Crippen LogP contribution in [0.2, 0.25) is 0 Å². The Balaban J connectivity index is 2.10. The Morgan fingerprint density at radius 2 is 2.19 bits per heavy atom. The number of nitrogens with zero attached hydrogens (tertiary/aromatic N) is 1. The van der Waals surface area contributed by atoms with Crippen LogP contribution in [0.3, 0.4) is 0 Å². The van der Waals surface area contributed by atoms with Crippen molar-refractivity contribution in [1.29, 1.82) is 0 Å². The molecule has 2 rings (SSSR count). The minimum atomic E-state index is -0.457. The molecule has 0 aliphatic rings. The Morgan fingerprint density at radius 1 is 1.43 bits per heavy atom. The highest BCUT2D eigenvalue weighted by molar-refractivity contribution is 7.14. The lowest BCUT2D eigenvalue weighted by Gasteiger charge is -2.07.